The number of hydrogen-bond acceptors (Lipinski definition) is 6. The van der Waals surface area contributed by atoms with Crippen LogP contribution < -0.4 is 0 Å². The van der Waals surface area contributed by atoms with Crippen LogP contribution in [0.5, 0.6) is 0 Å². The number of ether oxygens (including phenoxy) is 3. The summed E-state index contributed by atoms with van der Waals surface area (Å²) in [6, 6.07) is 0. The van der Waals surface area contributed by atoms with Gasteiger partial charge in [0, 0.05) is 19.3 Å². The summed E-state index contributed by atoms with van der Waals surface area (Å²) < 4.78 is 16.8. The molecule has 6 heteroatoms. The number of rotatable bonds is 46. The molecule has 0 aromatic rings. The summed E-state index contributed by atoms with van der Waals surface area (Å²) in [6.07, 6.45) is 43.8. The Bertz CT molecular complexity index is 914. The van der Waals surface area contributed by atoms with Crippen molar-refractivity contribution < 1.29 is 28.6 Å². The standard InChI is InChI=1S/C53H102O6/c1-47(2)39-33-27-21-16-12-8-7-9-14-18-24-30-36-42-51(54)57-45-50(46-58-52(55)43-37-31-26-20-23-29-35-41-49(5)6)59-53(56)44-38-32-25-19-15-11-10-13-17-22-28-34-40-48(3)4/h47-50H,7-46H2,1-6H3/t50-/m1/s1. The minimum Gasteiger partial charge on any atom is -0.462 e. The third-order valence-electron chi connectivity index (χ3n) is 11.9. The van der Waals surface area contributed by atoms with Crippen LogP contribution in [0.1, 0.15) is 286 Å². The van der Waals surface area contributed by atoms with Crippen LogP contribution in [0.4, 0.5) is 0 Å². The first-order valence-corrected chi connectivity index (χ1v) is 26.1. The molecule has 0 saturated carbocycles. The Labute approximate surface area is 368 Å². The van der Waals surface area contributed by atoms with Crippen molar-refractivity contribution in [2.45, 2.75) is 292 Å². The van der Waals surface area contributed by atoms with Gasteiger partial charge >= 0.3 is 17.9 Å². The van der Waals surface area contributed by atoms with Crippen molar-refractivity contribution in [3.8, 4) is 0 Å². The summed E-state index contributed by atoms with van der Waals surface area (Å²) in [4.78, 5) is 37.9. The molecule has 0 saturated heterocycles. The highest BCUT2D eigenvalue weighted by atomic mass is 16.6. The van der Waals surface area contributed by atoms with E-state index in [1.807, 2.05) is 0 Å². The van der Waals surface area contributed by atoms with E-state index in [4.69, 9.17) is 14.2 Å². The Morgan fingerprint density at radius 3 is 0.729 bits per heavy atom. The number of hydrogen-bond donors (Lipinski definition) is 0. The lowest BCUT2D eigenvalue weighted by Gasteiger charge is -2.18. The smallest absolute Gasteiger partial charge is 0.306 e. The molecular formula is C53H102O6. The molecule has 59 heavy (non-hydrogen) atoms. The molecule has 0 unspecified atom stereocenters. The maximum Gasteiger partial charge on any atom is 0.306 e. The molecule has 0 amide bonds. The van der Waals surface area contributed by atoms with Gasteiger partial charge in [-0.05, 0) is 37.0 Å². The van der Waals surface area contributed by atoms with E-state index in [9.17, 15) is 14.4 Å². The van der Waals surface area contributed by atoms with Crippen LogP contribution >= 0.6 is 0 Å². The van der Waals surface area contributed by atoms with Crippen molar-refractivity contribution in [1.82, 2.24) is 0 Å². The van der Waals surface area contributed by atoms with Crippen LogP contribution in [0.2, 0.25) is 0 Å². The Morgan fingerprint density at radius 1 is 0.288 bits per heavy atom. The summed E-state index contributed by atoms with van der Waals surface area (Å²) in [5.41, 5.74) is 0. The average Bonchev–Trinajstić information content (AvgIpc) is 3.19. The van der Waals surface area contributed by atoms with Crippen molar-refractivity contribution >= 4 is 17.9 Å². The van der Waals surface area contributed by atoms with Crippen LogP contribution in [0, 0.1) is 17.8 Å². The molecule has 0 aliphatic rings. The number of carbonyl (C=O) groups excluding carboxylic acids is 3. The lowest BCUT2D eigenvalue weighted by atomic mass is 10.0. The zero-order valence-corrected chi connectivity index (χ0v) is 40.5. The van der Waals surface area contributed by atoms with Crippen molar-refractivity contribution in [1.29, 1.82) is 0 Å². The summed E-state index contributed by atoms with van der Waals surface area (Å²) in [5, 5.41) is 0. The predicted octanol–water partition coefficient (Wildman–Crippen LogP) is 16.8. The zero-order valence-electron chi connectivity index (χ0n) is 40.5. The lowest BCUT2D eigenvalue weighted by Crippen LogP contribution is -2.30. The highest BCUT2D eigenvalue weighted by molar-refractivity contribution is 5.71. The quantitative estimate of drug-likeness (QED) is 0.0345. The molecule has 6 nitrogen and oxygen atoms in total. The van der Waals surface area contributed by atoms with Gasteiger partial charge in [-0.3, -0.25) is 14.4 Å². The van der Waals surface area contributed by atoms with Gasteiger partial charge in [0.05, 0.1) is 0 Å². The van der Waals surface area contributed by atoms with Crippen LogP contribution in [-0.2, 0) is 28.6 Å². The van der Waals surface area contributed by atoms with Gasteiger partial charge in [0.25, 0.3) is 0 Å². The van der Waals surface area contributed by atoms with Crippen LogP contribution in [0.3, 0.4) is 0 Å². The number of carbonyl (C=O) groups is 3. The van der Waals surface area contributed by atoms with E-state index in [-0.39, 0.29) is 31.1 Å². The van der Waals surface area contributed by atoms with Gasteiger partial charge in [0.2, 0.25) is 0 Å². The Hall–Kier alpha value is -1.59. The molecular weight excluding hydrogens is 733 g/mol. The average molecular weight is 835 g/mol. The molecule has 0 aliphatic heterocycles. The molecule has 0 spiro atoms. The zero-order chi connectivity index (χ0) is 43.4. The summed E-state index contributed by atoms with van der Waals surface area (Å²) in [7, 11) is 0. The molecule has 0 aliphatic carbocycles. The van der Waals surface area contributed by atoms with E-state index in [0.29, 0.717) is 19.3 Å². The lowest BCUT2D eigenvalue weighted by molar-refractivity contribution is -0.167. The normalized spacial score (nSPS) is 12.2. The predicted molar refractivity (Wildman–Crippen MR) is 252 cm³/mol. The highest BCUT2D eigenvalue weighted by Gasteiger charge is 2.19. The molecule has 0 fully saturated rings. The monoisotopic (exact) mass is 835 g/mol. The summed E-state index contributed by atoms with van der Waals surface area (Å²) in [5.74, 6) is 1.60. The molecule has 0 heterocycles. The third-order valence-corrected chi connectivity index (χ3v) is 11.9. The van der Waals surface area contributed by atoms with Crippen molar-refractivity contribution in [3.05, 3.63) is 0 Å². The molecule has 1 atom stereocenters. The molecule has 0 bridgehead atoms. The maximum atomic E-state index is 12.8. The van der Waals surface area contributed by atoms with Gasteiger partial charge in [0.15, 0.2) is 6.10 Å². The van der Waals surface area contributed by atoms with Crippen LogP contribution in [0.15, 0.2) is 0 Å². The van der Waals surface area contributed by atoms with Crippen molar-refractivity contribution in [3.63, 3.8) is 0 Å². The largest absolute Gasteiger partial charge is 0.462 e. The first-order valence-electron chi connectivity index (χ1n) is 26.1. The Morgan fingerprint density at radius 2 is 0.492 bits per heavy atom. The molecule has 0 radical (unpaired) electrons. The van der Waals surface area contributed by atoms with E-state index in [1.165, 1.54) is 167 Å². The van der Waals surface area contributed by atoms with Gasteiger partial charge in [-0.15, -0.1) is 0 Å². The van der Waals surface area contributed by atoms with Gasteiger partial charge in [-0.25, -0.2) is 0 Å². The Kier molecular flexibility index (Phi) is 43.3. The van der Waals surface area contributed by atoms with Gasteiger partial charge in [0.1, 0.15) is 13.2 Å². The minimum absolute atomic E-state index is 0.0649. The first kappa shape index (κ1) is 57.4. The number of esters is 3. The fourth-order valence-corrected chi connectivity index (χ4v) is 7.94. The van der Waals surface area contributed by atoms with E-state index in [2.05, 4.69) is 41.5 Å². The molecule has 350 valence electrons. The third kappa shape index (κ3) is 47.3. The van der Waals surface area contributed by atoms with Crippen molar-refractivity contribution in [2.75, 3.05) is 13.2 Å². The van der Waals surface area contributed by atoms with Crippen LogP contribution in [0.25, 0.3) is 0 Å². The SMILES string of the molecule is CC(C)CCCCCCCCCCCCCCCC(=O)OC[C@H](COC(=O)CCCCCCCCCC(C)C)OC(=O)CCCCCCCCCCCCCCC(C)C. The molecule has 0 rings (SSSR count). The van der Waals surface area contributed by atoms with E-state index in [1.54, 1.807) is 0 Å². The van der Waals surface area contributed by atoms with Gasteiger partial charge in [-0.1, -0.05) is 247 Å². The highest BCUT2D eigenvalue weighted by Crippen LogP contribution is 2.18. The maximum absolute atomic E-state index is 12.8. The Balaban J connectivity index is 4.29. The first-order chi connectivity index (χ1) is 28.6. The van der Waals surface area contributed by atoms with Gasteiger partial charge < -0.3 is 14.2 Å². The summed E-state index contributed by atoms with van der Waals surface area (Å²) >= 11 is 0. The second-order valence-corrected chi connectivity index (χ2v) is 19.6. The van der Waals surface area contributed by atoms with Crippen LogP contribution in [-0.4, -0.2) is 37.2 Å². The minimum atomic E-state index is -0.763. The fraction of sp³-hybridized carbons (Fsp3) is 0.943. The molecule has 0 aromatic heterocycles. The molecule has 0 N–H and O–H groups in total. The fourth-order valence-electron chi connectivity index (χ4n) is 7.94. The summed E-state index contributed by atoms with van der Waals surface area (Å²) in [6.45, 7) is 13.7. The second-order valence-electron chi connectivity index (χ2n) is 19.6. The second kappa shape index (κ2) is 44.5. The van der Waals surface area contributed by atoms with E-state index >= 15 is 0 Å². The van der Waals surface area contributed by atoms with Gasteiger partial charge in [-0.2, -0.15) is 0 Å². The van der Waals surface area contributed by atoms with Crippen molar-refractivity contribution in [2.24, 2.45) is 17.8 Å². The number of unbranched alkanes of at least 4 members (excludes halogenated alkanes) is 29. The van der Waals surface area contributed by atoms with E-state index in [0.717, 1.165) is 75.5 Å². The van der Waals surface area contributed by atoms with E-state index < -0.39 is 6.10 Å². The topological polar surface area (TPSA) is 78.9 Å². The molecule has 0 aromatic carbocycles.